The Morgan fingerprint density at radius 1 is 0.650 bits per heavy atom. The Bertz CT molecular complexity index is 385. The Balaban J connectivity index is -0.000000116. The molecule has 0 rings (SSSR count). The molecule has 0 N–H and O–H groups in total. The van der Waals surface area contributed by atoms with Crippen molar-refractivity contribution < 1.29 is 73.7 Å². The summed E-state index contributed by atoms with van der Waals surface area (Å²) in [6.45, 7) is 2.23. The van der Waals surface area contributed by atoms with Gasteiger partial charge in [0.25, 0.3) is 0 Å². The van der Waals surface area contributed by atoms with Gasteiger partial charge in [0.2, 0.25) is 0 Å². The van der Waals surface area contributed by atoms with Crippen LogP contribution in [-0.2, 0) is 53.3 Å². The number of aliphatic carboxylic acids is 4. The van der Waals surface area contributed by atoms with Crippen LogP contribution in [0.25, 0.3) is 0 Å². The minimum Gasteiger partial charge on any atom is -0.545 e. The molecule has 2 radical (unpaired) electrons. The smallest absolute Gasteiger partial charge is 0.545 e. The quantitative estimate of drug-likeness (QED) is 0.344. The average Bonchev–Trinajstić information content (AvgIpc) is 2.16. The van der Waals surface area contributed by atoms with E-state index in [1.807, 2.05) is 0 Å². The van der Waals surface area contributed by atoms with E-state index in [4.69, 9.17) is 0 Å². The molecule has 0 aromatic heterocycles. The van der Waals surface area contributed by atoms with Crippen LogP contribution in [0.15, 0.2) is 23.3 Å². The molecule has 0 fully saturated rings. The van der Waals surface area contributed by atoms with Gasteiger partial charge in [-0.3, -0.25) is 0 Å². The first-order valence-corrected chi connectivity index (χ1v) is 4.29. The van der Waals surface area contributed by atoms with Crippen molar-refractivity contribution in [3.05, 3.63) is 23.3 Å². The van der Waals surface area contributed by atoms with Crippen LogP contribution in [-0.4, -0.2) is 23.9 Å². The number of hydrogen-bond acceptors (Lipinski definition) is 8. The summed E-state index contributed by atoms with van der Waals surface area (Å²) in [5.74, 6) is -6.06. The number of carboxylic acids is 4. The van der Waals surface area contributed by atoms with E-state index >= 15 is 0 Å². The van der Waals surface area contributed by atoms with Crippen molar-refractivity contribution in [2.24, 2.45) is 0 Å². The van der Waals surface area contributed by atoms with E-state index in [1.165, 1.54) is 0 Å². The average molecular weight is 383 g/mol. The van der Waals surface area contributed by atoms with Crippen molar-refractivity contribution >= 4 is 23.9 Å². The van der Waals surface area contributed by atoms with E-state index in [0.717, 1.165) is 13.8 Å². The van der Waals surface area contributed by atoms with Crippen molar-refractivity contribution in [2.45, 2.75) is 13.8 Å². The van der Waals surface area contributed by atoms with Crippen LogP contribution in [0.1, 0.15) is 13.8 Å². The van der Waals surface area contributed by atoms with Gasteiger partial charge in [0.1, 0.15) is 0 Å². The predicted molar refractivity (Wildman–Crippen MR) is 47.5 cm³/mol. The number of carboxylic acid groups (broad SMARTS) is 4. The second kappa shape index (κ2) is 13.8. The van der Waals surface area contributed by atoms with Gasteiger partial charge in [0.05, 0.1) is 23.9 Å². The van der Waals surface area contributed by atoms with Crippen molar-refractivity contribution in [1.82, 2.24) is 0 Å². The Morgan fingerprint density at radius 3 is 0.900 bits per heavy atom. The van der Waals surface area contributed by atoms with Gasteiger partial charge in [-0.2, -0.15) is 0 Å². The first-order chi connectivity index (χ1) is 8.07. The minimum atomic E-state index is -1.53. The first kappa shape index (κ1) is 26.9. The number of carbonyl (C=O) groups is 4. The van der Waals surface area contributed by atoms with Crippen LogP contribution in [0.4, 0.5) is 0 Å². The molecule has 118 valence electrons. The summed E-state index contributed by atoms with van der Waals surface area (Å²) in [6, 6.07) is 0. The van der Waals surface area contributed by atoms with E-state index in [-0.39, 0.29) is 45.3 Å². The molecule has 0 bridgehead atoms. The molecule has 0 saturated heterocycles. The molecule has 0 amide bonds. The second-order valence-electron chi connectivity index (χ2n) is 2.87. The molecule has 10 heteroatoms. The third kappa shape index (κ3) is 18.8. The van der Waals surface area contributed by atoms with Crippen molar-refractivity contribution in [2.75, 3.05) is 0 Å². The monoisotopic (exact) mass is 382 g/mol. The largest absolute Gasteiger partial charge is 2.00 e. The Kier molecular flexibility index (Phi) is 18.6. The van der Waals surface area contributed by atoms with Gasteiger partial charge < -0.3 is 39.6 Å². The van der Waals surface area contributed by atoms with Crippen LogP contribution in [0.3, 0.4) is 0 Å². The van der Waals surface area contributed by atoms with Gasteiger partial charge in [0.15, 0.2) is 0 Å². The van der Waals surface area contributed by atoms with Gasteiger partial charge >= 0.3 is 34.1 Å². The number of rotatable bonds is 4. The van der Waals surface area contributed by atoms with Crippen LogP contribution < -0.4 is 20.4 Å². The fourth-order valence-electron chi connectivity index (χ4n) is 0.471. The fraction of sp³-hybridized carbons (Fsp3) is 0.200. The molecule has 0 aromatic carbocycles. The third-order valence-electron chi connectivity index (χ3n) is 1.31. The van der Waals surface area contributed by atoms with Crippen molar-refractivity contribution in [1.29, 1.82) is 0 Å². The van der Waals surface area contributed by atoms with Gasteiger partial charge in [-0.15, -0.1) is 0 Å². The molecule has 0 heterocycles. The summed E-state index contributed by atoms with van der Waals surface area (Å²) >= 11 is 0. The number of carbonyl (C=O) groups excluding carboxylic acids is 4. The maximum atomic E-state index is 9.76. The zero-order chi connectivity index (χ0) is 14.9. The summed E-state index contributed by atoms with van der Waals surface area (Å²) < 4.78 is 0. The molecule has 0 saturated carbocycles. The summed E-state index contributed by atoms with van der Waals surface area (Å²) in [6.07, 6.45) is 0.935. The third-order valence-corrected chi connectivity index (χ3v) is 1.31. The Morgan fingerprint density at radius 2 is 0.850 bits per heavy atom. The van der Waals surface area contributed by atoms with E-state index < -0.39 is 23.9 Å². The van der Waals surface area contributed by atoms with Gasteiger partial charge in [0, 0.05) is 0 Å². The van der Waals surface area contributed by atoms with Crippen LogP contribution in [0.5, 0.6) is 0 Å². The molecule has 8 nitrogen and oxygen atoms in total. The zero-order valence-electron chi connectivity index (χ0n) is 10.0. The molecule has 0 aliphatic heterocycles. The van der Waals surface area contributed by atoms with Gasteiger partial charge in [-0.1, -0.05) is 0 Å². The molecule has 0 aliphatic rings. The molecule has 0 spiro atoms. The molecule has 0 aromatic rings. The summed E-state index contributed by atoms with van der Waals surface area (Å²) in [7, 11) is 0. The van der Waals surface area contributed by atoms with Crippen LogP contribution in [0, 0.1) is 0 Å². The van der Waals surface area contributed by atoms with Gasteiger partial charge in [-0.05, 0) is 37.1 Å². The van der Waals surface area contributed by atoms with E-state index in [0.29, 0.717) is 12.2 Å². The predicted octanol–water partition coefficient (Wildman–Crippen LogP) is -5.14. The Hall–Kier alpha value is -1.60. The van der Waals surface area contributed by atoms with Crippen LogP contribution in [0.2, 0.25) is 0 Å². The SMILES string of the molecule is C/C(=C/C(=O)[O-])C(=O)[O-].C/C(=C/C(=O)[O-])C(=O)[O-].[Cu+2].[Cu+2]. The van der Waals surface area contributed by atoms with Crippen molar-refractivity contribution in [3.8, 4) is 0 Å². The maximum absolute atomic E-state index is 9.76. The first-order valence-electron chi connectivity index (χ1n) is 4.29. The van der Waals surface area contributed by atoms with Crippen LogP contribution >= 0.6 is 0 Å². The summed E-state index contributed by atoms with van der Waals surface area (Å²) in [5, 5.41) is 38.8. The zero-order valence-corrected chi connectivity index (χ0v) is 11.9. The molecular weight excluding hydrogens is 375 g/mol. The number of hydrogen-bond donors (Lipinski definition) is 0. The normalized spacial score (nSPS) is 9.90. The van der Waals surface area contributed by atoms with Gasteiger partial charge in [-0.25, -0.2) is 0 Å². The fourth-order valence-corrected chi connectivity index (χ4v) is 0.471. The molecule has 0 unspecified atom stereocenters. The molecule has 0 atom stereocenters. The standard InChI is InChI=1S/2C5H6O4.2Cu/c2*1-3(5(8)9)2-4(6)7;;/h2*2H,1H3,(H,6,7)(H,8,9);;/q;;2*+2/p-4/b2*3-2-;;. The van der Waals surface area contributed by atoms with E-state index in [9.17, 15) is 39.6 Å². The molecular formula is C10H8Cu2O8. The maximum Gasteiger partial charge on any atom is 2.00 e. The van der Waals surface area contributed by atoms with Crippen molar-refractivity contribution in [3.63, 3.8) is 0 Å². The summed E-state index contributed by atoms with van der Waals surface area (Å²) in [5.41, 5.74) is -0.704. The summed E-state index contributed by atoms with van der Waals surface area (Å²) in [4.78, 5) is 38.8. The topological polar surface area (TPSA) is 161 Å². The van der Waals surface area contributed by atoms with E-state index in [1.54, 1.807) is 0 Å². The second-order valence-corrected chi connectivity index (χ2v) is 2.87. The molecule has 0 aliphatic carbocycles. The molecule has 20 heavy (non-hydrogen) atoms. The minimum absolute atomic E-state index is 0. The van der Waals surface area contributed by atoms with E-state index in [2.05, 4.69) is 0 Å². The Labute approximate surface area is 135 Å².